The van der Waals surface area contributed by atoms with Gasteiger partial charge in [0.15, 0.2) is 0 Å². The van der Waals surface area contributed by atoms with E-state index >= 15 is 0 Å². The van der Waals surface area contributed by atoms with Gasteiger partial charge < -0.3 is 4.74 Å². The molecule has 4 nitrogen and oxygen atoms in total. The lowest BCUT2D eigenvalue weighted by molar-refractivity contribution is 0.0999. The van der Waals surface area contributed by atoms with Gasteiger partial charge in [-0.2, -0.15) is 5.26 Å². The molecule has 0 saturated heterocycles. The number of rotatable bonds is 10. The van der Waals surface area contributed by atoms with Crippen LogP contribution in [0.5, 0.6) is 0 Å². The van der Waals surface area contributed by atoms with Gasteiger partial charge in [-0.25, -0.2) is 0 Å². The van der Waals surface area contributed by atoms with Crippen molar-refractivity contribution < 1.29 is 4.74 Å². The SMILES string of the molecule is CCNC(C#N)(CN(CCOC)C(C)CC)C1CC1. The summed E-state index contributed by atoms with van der Waals surface area (Å²) in [6.45, 7) is 9.79. The van der Waals surface area contributed by atoms with Crippen LogP contribution in [0.1, 0.15) is 40.0 Å². The van der Waals surface area contributed by atoms with E-state index in [1.54, 1.807) is 7.11 Å². The van der Waals surface area contributed by atoms with Crippen molar-refractivity contribution in [3.8, 4) is 6.07 Å². The first-order valence-electron chi connectivity index (χ1n) is 7.52. The number of hydrogen-bond acceptors (Lipinski definition) is 4. The second-order valence-corrected chi connectivity index (χ2v) is 5.61. The van der Waals surface area contributed by atoms with Crippen molar-refractivity contribution in [3.63, 3.8) is 0 Å². The third-order valence-corrected chi connectivity index (χ3v) is 4.22. The van der Waals surface area contributed by atoms with Crippen molar-refractivity contribution >= 4 is 0 Å². The molecule has 0 amide bonds. The van der Waals surface area contributed by atoms with E-state index < -0.39 is 0 Å². The first-order chi connectivity index (χ1) is 9.13. The second-order valence-electron chi connectivity index (χ2n) is 5.61. The van der Waals surface area contributed by atoms with E-state index in [0.29, 0.717) is 12.0 Å². The summed E-state index contributed by atoms with van der Waals surface area (Å²) in [7, 11) is 1.73. The molecule has 0 aliphatic heterocycles. The van der Waals surface area contributed by atoms with Crippen LogP contribution >= 0.6 is 0 Å². The summed E-state index contributed by atoms with van der Waals surface area (Å²) >= 11 is 0. The molecule has 1 saturated carbocycles. The second kappa shape index (κ2) is 7.84. The zero-order valence-corrected chi connectivity index (χ0v) is 12.9. The normalized spacial score (nSPS) is 20.0. The molecule has 0 heterocycles. The first kappa shape index (κ1) is 16.4. The topological polar surface area (TPSA) is 48.3 Å². The predicted molar refractivity (Wildman–Crippen MR) is 77.9 cm³/mol. The molecule has 2 atom stereocenters. The van der Waals surface area contributed by atoms with E-state index in [0.717, 1.165) is 32.7 Å². The van der Waals surface area contributed by atoms with Crippen LogP contribution in [0, 0.1) is 17.2 Å². The van der Waals surface area contributed by atoms with Crippen LogP contribution in [0.15, 0.2) is 0 Å². The Morgan fingerprint density at radius 3 is 2.58 bits per heavy atom. The fourth-order valence-electron chi connectivity index (χ4n) is 2.63. The molecule has 1 aliphatic rings. The van der Waals surface area contributed by atoms with Gasteiger partial charge in [0.05, 0.1) is 12.7 Å². The Balaban J connectivity index is 2.74. The number of nitrogens with one attached hydrogen (secondary N) is 1. The maximum atomic E-state index is 9.68. The first-order valence-corrected chi connectivity index (χ1v) is 7.52. The summed E-state index contributed by atoms with van der Waals surface area (Å²) in [6, 6.07) is 3.06. The molecule has 0 spiro atoms. The molecule has 1 N–H and O–H groups in total. The maximum absolute atomic E-state index is 9.68. The molecule has 2 unspecified atom stereocenters. The molecule has 0 bridgehead atoms. The molecule has 4 heteroatoms. The summed E-state index contributed by atoms with van der Waals surface area (Å²) in [5, 5.41) is 13.1. The van der Waals surface area contributed by atoms with Gasteiger partial charge in [0.25, 0.3) is 0 Å². The summed E-state index contributed by atoms with van der Waals surface area (Å²) in [5.74, 6) is 0.520. The van der Waals surface area contributed by atoms with E-state index in [9.17, 15) is 5.26 Å². The van der Waals surface area contributed by atoms with Crippen LogP contribution in [-0.2, 0) is 4.74 Å². The van der Waals surface area contributed by atoms with E-state index in [4.69, 9.17) is 4.74 Å². The fourth-order valence-corrected chi connectivity index (χ4v) is 2.63. The van der Waals surface area contributed by atoms with Crippen molar-refractivity contribution in [2.24, 2.45) is 5.92 Å². The molecule has 1 rings (SSSR count). The van der Waals surface area contributed by atoms with Crippen LogP contribution in [0.2, 0.25) is 0 Å². The summed E-state index contributed by atoms with van der Waals surface area (Å²) < 4.78 is 5.21. The number of ether oxygens (including phenoxy) is 1. The van der Waals surface area contributed by atoms with Crippen molar-refractivity contribution in [1.29, 1.82) is 5.26 Å². The van der Waals surface area contributed by atoms with Crippen molar-refractivity contribution in [1.82, 2.24) is 10.2 Å². The highest BCUT2D eigenvalue weighted by molar-refractivity contribution is 5.16. The molecular weight excluding hydrogens is 238 g/mol. The predicted octanol–water partition coefficient (Wildman–Crippen LogP) is 2.02. The third-order valence-electron chi connectivity index (χ3n) is 4.22. The summed E-state index contributed by atoms with van der Waals surface area (Å²) in [5.41, 5.74) is -0.369. The minimum atomic E-state index is -0.369. The van der Waals surface area contributed by atoms with Gasteiger partial charge in [-0.15, -0.1) is 0 Å². The van der Waals surface area contributed by atoms with Gasteiger partial charge in [0, 0.05) is 26.2 Å². The smallest absolute Gasteiger partial charge is 0.122 e. The van der Waals surface area contributed by atoms with Gasteiger partial charge in [0.2, 0.25) is 0 Å². The average Bonchev–Trinajstić information content (AvgIpc) is 3.26. The highest BCUT2D eigenvalue weighted by Crippen LogP contribution is 2.40. The Morgan fingerprint density at radius 2 is 2.16 bits per heavy atom. The minimum absolute atomic E-state index is 0.369. The standard InChI is InChI=1S/C15H29N3O/c1-5-13(3)18(9-10-19-4)12-15(11-16,17-6-2)14-7-8-14/h13-14,17H,5-10,12H2,1-4H3. The van der Waals surface area contributed by atoms with Gasteiger partial charge in [-0.3, -0.25) is 10.2 Å². The molecule has 19 heavy (non-hydrogen) atoms. The Morgan fingerprint density at radius 1 is 1.47 bits per heavy atom. The number of hydrogen-bond donors (Lipinski definition) is 1. The van der Waals surface area contributed by atoms with Crippen LogP contribution in [-0.4, -0.2) is 49.8 Å². The zero-order chi connectivity index (χ0) is 14.3. The third kappa shape index (κ3) is 4.45. The average molecular weight is 267 g/mol. The Hall–Kier alpha value is -0.630. The minimum Gasteiger partial charge on any atom is -0.383 e. The maximum Gasteiger partial charge on any atom is 0.122 e. The van der Waals surface area contributed by atoms with E-state index in [1.807, 2.05) is 0 Å². The number of nitrogens with zero attached hydrogens (tertiary/aromatic N) is 2. The van der Waals surface area contributed by atoms with Crippen LogP contribution < -0.4 is 5.32 Å². The van der Waals surface area contributed by atoms with Gasteiger partial charge in [-0.1, -0.05) is 13.8 Å². The van der Waals surface area contributed by atoms with E-state index in [2.05, 4.69) is 37.1 Å². The number of nitriles is 1. The quantitative estimate of drug-likeness (QED) is 0.658. The molecule has 110 valence electrons. The van der Waals surface area contributed by atoms with Gasteiger partial charge in [-0.05, 0) is 38.6 Å². The highest BCUT2D eigenvalue weighted by atomic mass is 16.5. The number of likely N-dealkylation sites (N-methyl/N-ethyl adjacent to an activating group) is 1. The Bertz CT molecular complexity index is 298. The molecule has 0 aromatic rings. The highest BCUT2D eigenvalue weighted by Gasteiger charge is 2.46. The van der Waals surface area contributed by atoms with E-state index in [-0.39, 0.29) is 5.54 Å². The summed E-state index contributed by atoms with van der Waals surface area (Å²) in [6.07, 6.45) is 3.46. The fraction of sp³-hybridized carbons (Fsp3) is 0.933. The zero-order valence-electron chi connectivity index (χ0n) is 12.9. The molecular formula is C15H29N3O. The van der Waals surface area contributed by atoms with Crippen LogP contribution in [0.25, 0.3) is 0 Å². The van der Waals surface area contributed by atoms with Crippen LogP contribution in [0.4, 0.5) is 0 Å². The Labute approximate surface area is 118 Å². The van der Waals surface area contributed by atoms with E-state index in [1.165, 1.54) is 12.8 Å². The van der Waals surface area contributed by atoms with Crippen LogP contribution in [0.3, 0.4) is 0 Å². The monoisotopic (exact) mass is 267 g/mol. The Kier molecular flexibility index (Phi) is 6.78. The largest absolute Gasteiger partial charge is 0.383 e. The molecule has 1 fully saturated rings. The lowest BCUT2D eigenvalue weighted by Gasteiger charge is -2.37. The molecule has 0 aromatic carbocycles. The molecule has 1 aliphatic carbocycles. The van der Waals surface area contributed by atoms with Crippen molar-refractivity contribution in [2.45, 2.75) is 51.6 Å². The molecule has 0 aromatic heterocycles. The molecule has 0 radical (unpaired) electrons. The summed E-state index contributed by atoms with van der Waals surface area (Å²) in [4.78, 5) is 2.40. The lowest BCUT2D eigenvalue weighted by Crippen LogP contribution is -2.56. The van der Waals surface area contributed by atoms with Gasteiger partial charge >= 0.3 is 0 Å². The number of methoxy groups -OCH3 is 1. The van der Waals surface area contributed by atoms with Crippen molar-refractivity contribution in [2.75, 3.05) is 33.4 Å². The van der Waals surface area contributed by atoms with Gasteiger partial charge in [0.1, 0.15) is 5.54 Å². The lowest BCUT2D eigenvalue weighted by atomic mass is 9.93. The van der Waals surface area contributed by atoms with Crippen molar-refractivity contribution in [3.05, 3.63) is 0 Å².